The summed E-state index contributed by atoms with van der Waals surface area (Å²) in [5.74, 6) is -0.0738. The summed E-state index contributed by atoms with van der Waals surface area (Å²) in [5, 5.41) is 2.70. The Bertz CT molecular complexity index is 1350. The van der Waals surface area contributed by atoms with Gasteiger partial charge in [0.05, 0.1) is 11.4 Å². The van der Waals surface area contributed by atoms with Crippen molar-refractivity contribution in [3.63, 3.8) is 0 Å². The number of nitrogens with one attached hydrogen (secondary N) is 1. The molecular weight excluding hydrogens is 417 g/mol. The number of hydrogen-bond acceptors (Lipinski definition) is 6. The van der Waals surface area contributed by atoms with E-state index in [9.17, 15) is 14.0 Å². The van der Waals surface area contributed by atoms with Gasteiger partial charge in [-0.2, -0.15) is 0 Å². The average molecular weight is 437 g/mol. The zero-order valence-corrected chi connectivity index (χ0v) is 17.4. The van der Waals surface area contributed by atoms with Crippen molar-refractivity contribution in [3.8, 4) is 11.5 Å². The minimum absolute atomic E-state index is 0.00795. The van der Waals surface area contributed by atoms with E-state index in [-0.39, 0.29) is 24.5 Å². The van der Waals surface area contributed by atoms with Gasteiger partial charge in [0.2, 0.25) is 0 Å². The summed E-state index contributed by atoms with van der Waals surface area (Å²) in [6, 6.07) is 14.1. The highest BCUT2D eigenvalue weighted by Gasteiger charge is 2.12. The van der Waals surface area contributed by atoms with Crippen molar-refractivity contribution in [2.24, 2.45) is 0 Å². The summed E-state index contributed by atoms with van der Waals surface area (Å²) in [6.07, 6.45) is 0. The maximum atomic E-state index is 13.7. The minimum atomic E-state index is -0.548. The summed E-state index contributed by atoms with van der Waals surface area (Å²) in [6.45, 7) is 3.24. The van der Waals surface area contributed by atoms with E-state index in [2.05, 4.69) is 10.3 Å². The molecule has 0 unspecified atom stereocenters. The van der Waals surface area contributed by atoms with Crippen LogP contribution in [0.4, 0.5) is 10.1 Å². The lowest BCUT2D eigenvalue weighted by atomic mass is 10.2. The number of hydrogen-bond donors (Lipinski definition) is 1. The second kappa shape index (κ2) is 8.93. The fraction of sp³-hybridized carbons (Fsp3) is 0.174. The minimum Gasteiger partial charge on any atom is -0.485 e. The highest BCUT2D eigenvalue weighted by atomic mass is 19.1. The molecule has 164 valence electrons. The van der Waals surface area contributed by atoms with Gasteiger partial charge in [0.15, 0.2) is 23.8 Å². The maximum Gasteiger partial charge on any atom is 0.287 e. The van der Waals surface area contributed by atoms with Gasteiger partial charge in [-0.15, -0.1) is 4.57 Å². The Kier molecular flexibility index (Phi) is 5.89. The number of ether oxygens (including phenoxy) is 2. The lowest BCUT2D eigenvalue weighted by Gasteiger charge is -2.14. The molecule has 0 aliphatic carbocycles. The number of benzene rings is 2. The zero-order chi connectivity index (χ0) is 22.7. The number of fused-ring (bicyclic) bond motifs is 1. The molecule has 2 heterocycles. The Labute approximate surface area is 182 Å². The van der Waals surface area contributed by atoms with Gasteiger partial charge in [-0.3, -0.25) is 9.59 Å². The van der Waals surface area contributed by atoms with Crippen LogP contribution in [0.2, 0.25) is 0 Å². The summed E-state index contributed by atoms with van der Waals surface area (Å²) >= 11 is 0. The first-order valence-electron chi connectivity index (χ1n) is 9.79. The number of halogens is 1. The zero-order valence-electron chi connectivity index (χ0n) is 17.4. The van der Waals surface area contributed by atoms with E-state index in [1.807, 2.05) is 13.0 Å². The third kappa shape index (κ3) is 4.77. The molecule has 0 aliphatic rings. The monoisotopic (exact) mass is 437 g/mol. The topological polar surface area (TPSA) is 95.1 Å². The number of rotatable bonds is 7. The van der Waals surface area contributed by atoms with Gasteiger partial charge in [-0.05, 0) is 43.7 Å². The predicted octanol–water partition coefficient (Wildman–Crippen LogP) is 3.64. The Morgan fingerprint density at radius 1 is 1.09 bits per heavy atom. The van der Waals surface area contributed by atoms with Crippen LogP contribution in [-0.4, -0.2) is 22.1 Å². The highest BCUT2D eigenvalue weighted by Crippen LogP contribution is 2.27. The maximum absolute atomic E-state index is 13.7. The van der Waals surface area contributed by atoms with Gasteiger partial charge >= 0.3 is 0 Å². The van der Waals surface area contributed by atoms with Crippen LogP contribution >= 0.6 is 0 Å². The lowest BCUT2D eigenvalue weighted by molar-refractivity contribution is -0.118. The molecule has 1 amide bonds. The molecule has 2 aromatic heterocycles. The number of carbonyl (C=O) groups is 1. The molecule has 32 heavy (non-hydrogen) atoms. The number of carbonyl (C=O) groups excluding carboxylic acids is 1. The number of nitrogens with zero attached hydrogens (tertiary/aromatic N) is 2. The molecule has 0 bridgehead atoms. The van der Waals surface area contributed by atoms with Crippen LogP contribution in [0.25, 0.3) is 5.65 Å². The lowest BCUT2D eigenvalue weighted by Crippen LogP contribution is -2.21. The van der Waals surface area contributed by atoms with Crippen LogP contribution in [0.1, 0.15) is 17.0 Å². The van der Waals surface area contributed by atoms with Gasteiger partial charge in [-0.1, -0.05) is 18.2 Å². The van der Waals surface area contributed by atoms with Crippen molar-refractivity contribution in [2.45, 2.75) is 20.5 Å². The van der Waals surface area contributed by atoms with Crippen molar-refractivity contribution in [1.29, 1.82) is 0 Å². The molecule has 0 spiro atoms. The van der Waals surface area contributed by atoms with Crippen molar-refractivity contribution >= 4 is 17.2 Å². The van der Waals surface area contributed by atoms with Crippen LogP contribution in [-0.2, 0) is 11.4 Å². The molecule has 0 aliphatic heterocycles. The molecule has 1 N–H and O–H groups in total. The Morgan fingerprint density at radius 3 is 2.72 bits per heavy atom. The van der Waals surface area contributed by atoms with Crippen molar-refractivity contribution in [2.75, 3.05) is 11.9 Å². The van der Waals surface area contributed by atoms with E-state index in [1.54, 1.807) is 31.2 Å². The van der Waals surface area contributed by atoms with E-state index in [0.29, 0.717) is 28.5 Å². The number of para-hydroxylation sites is 1. The van der Waals surface area contributed by atoms with E-state index in [0.717, 1.165) is 10.1 Å². The quantitative estimate of drug-likeness (QED) is 0.474. The van der Waals surface area contributed by atoms with Crippen LogP contribution < -0.4 is 20.3 Å². The highest BCUT2D eigenvalue weighted by molar-refractivity contribution is 5.93. The summed E-state index contributed by atoms with van der Waals surface area (Å²) in [7, 11) is 0. The standard InChI is InChI=1S/C23H20FN3O5/c1-14-7-8-18(26-22(28)13-31-19-6-4-3-5-17(19)24)20(9-14)30-12-16-11-23(29)27-21(25-16)10-15(2)32-27/h3-11H,12-13H2,1-2H3,(H,26,28). The normalized spacial score (nSPS) is 10.8. The van der Waals surface area contributed by atoms with Crippen molar-refractivity contribution in [3.05, 3.63) is 87.8 Å². The van der Waals surface area contributed by atoms with Crippen LogP contribution in [0, 0.1) is 19.7 Å². The molecule has 0 saturated carbocycles. The second-order valence-electron chi connectivity index (χ2n) is 7.14. The van der Waals surface area contributed by atoms with Crippen molar-refractivity contribution in [1.82, 2.24) is 9.56 Å². The van der Waals surface area contributed by atoms with E-state index < -0.39 is 11.7 Å². The molecule has 9 heteroatoms. The largest absolute Gasteiger partial charge is 0.485 e. The summed E-state index contributed by atoms with van der Waals surface area (Å²) < 4.78 is 31.1. The van der Waals surface area contributed by atoms with E-state index >= 15 is 0 Å². The van der Waals surface area contributed by atoms with E-state index in [4.69, 9.17) is 14.0 Å². The average Bonchev–Trinajstić information content (AvgIpc) is 3.14. The summed E-state index contributed by atoms with van der Waals surface area (Å²) in [5.41, 5.74) is 1.77. The number of anilines is 1. The summed E-state index contributed by atoms with van der Waals surface area (Å²) in [4.78, 5) is 28.9. The number of aromatic nitrogens is 2. The number of aryl methyl sites for hydroxylation is 2. The molecule has 2 aromatic carbocycles. The SMILES string of the molecule is Cc1ccc(NC(=O)COc2ccccc2F)c(OCc2cc(=O)n3oc(C)cc3n2)c1. The predicted molar refractivity (Wildman–Crippen MR) is 115 cm³/mol. The Balaban J connectivity index is 1.45. The van der Waals surface area contributed by atoms with E-state index in [1.165, 1.54) is 24.3 Å². The van der Waals surface area contributed by atoms with Gasteiger partial charge in [-0.25, -0.2) is 9.37 Å². The first-order valence-corrected chi connectivity index (χ1v) is 9.79. The molecule has 0 radical (unpaired) electrons. The molecule has 0 atom stereocenters. The first kappa shape index (κ1) is 21.1. The fourth-order valence-corrected chi connectivity index (χ4v) is 3.04. The van der Waals surface area contributed by atoms with Crippen LogP contribution in [0.15, 0.2) is 63.9 Å². The molecule has 4 aromatic rings. The second-order valence-corrected chi connectivity index (χ2v) is 7.14. The third-order valence-electron chi connectivity index (χ3n) is 4.51. The molecule has 4 rings (SSSR count). The molecule has 0 fully saturated rings. The smallest absolute Gasteiger partial charge is 0.287 e. The van der Waals surface area contributed by atoms with Crippen LogP contribution in [0.3, 0.4) is 0 Å². The van der Waals surface area contributed by atoms with Gasteiger partial charge in [0.25, 0.3) is 11.5 Å². The Hall–Kier alpha value is -4.14. The fourth-order valence-electron chi connectivity index (χ4n) is 3.04. The first-order chi connectivity index (χ1) is 15.4. The van der Waals surface area contributed by atoms with Crippen molar-refractivity contribution < 1.29 is 23.2 Å². The molecule has 8 nitrogen and oxygen atoms in total. The number of amides is 1. The third-order valence-corrected chi connectivity index (χ3v) is 4.51. The van der Waals surface area contributed by atoms with Crippen LogP contribution in [0.5, 0.6) is 11.5 Å². The van der Waals surface area contributed by atoms with Gasteiger partial charge in [0.1, 0.15) is 18.1 Å². The van der Waals surface area contributed by atoms with Gasteiger partial charge < -0.3 is 19.3 Å². The molecular formula is C23H20FN3O5. The van der Waals surface area contributed by atoms with Gasteiger partial charge in [0, 0.05) is 12.1 Å². The molecule has 0 saturated heterocycles. The Morgan fingerprint density at radius 2 is 1.91 bits per heavy atom.